The Balaban J connectivity index is 1.25. The number of hydrogen-bond donors (Lipinski definition) is 1. The maximum absolute atomic E-state index is 12.3. The lowest BCUT2D eigenvalue weighted by molar-refractivity contribution is -0.120. The van der Waals surface area contributed by atoms with Crippen LogP contribution in [0.4, 0.5) is 0 Å². The highest BCUT2D eigenvalue weighted by molar-refractivity contribution is 6.30. The van der Waals surface area contributed by atoms with Crippen molar-refractivity contribution in [2.45, 2.75) is 38.6 Å². The standard InChI is InChI=1S/C28H29Cl2N3O2/c29-22-11-9-21(10-12-22)20-28(34)31-17-5-8-27-32-25-6-1-2-7-26(25)33(27)18-3-4-19-35-24-15-13-23(30)14-16-24/h1-2,6-7,9-16H,3-5,8,17-20H2,(H,31,34). The molecule has 0 aliphatic rings. The number of nitrogens with zero attached hydrogens (tertiary/aromatic N) is 2. The van der Waals surface area contributed by atoms with Crippen LogP contribution in [-0.2, 0) is 24.2 Å². The SMILES string of the molecule is O=C(Cc1ccc(Cl)cc1)NCCCc1nc2ccccc2n1CCCCOc1ccc(Cl)cc1. The summed E-state index contributed by atoms with van der Waals surface area (Å²) in [6.07, 6.45) is 3.91. The van der Waals surface area contributed by atoms with E-state index in [1.54, 1.807) is 12.1 Å². The molecule has 0 saturated heterocycles. The fourth-order valence-electron chi connectivity index (χ4n) is 3.98. The van der Waals surface area contributed by atoms with Gasteiger partial charge in [-0.25, -0.2) is 4.98 Å². The summed E-state index contributed by atoms with van der Waals surface area (Å²) in [6, 6.07) is 23.0. The zero-order valence-corrected chi connectivity index (χ0v) is 21.1. The number of ether oxygens (including phenoxy) is 1. The lowest BCUT2D eigenvalue weighted by atomic mass is 10.1. The Hall–Kier alpha value is -3.02. The average Bonchev–Trinajstić information content (AvgIpc) is 3.21. The molecule has 1 N–H and O–H groups in total. The molecule has 7 heteroatoms. The van der Waals surface area contributed by atoms with E-state index in [1.807, 2.05) is 54.6 Å². The van der Waals surface area contributed by atoms with Crippen LogP contribution in [0.25, 0.3) is 11.0 Å². The maximum atomic E-state index is 12.3. The number of para-hydroxylation sites is 2. The summed E-state index contributed by atoms with van der Waals surface area (Å²) < 4.78 is 8.12. The Labute approximate surface area is 216 Å². The highest BCUT2D eigenvalue weighted by atomic mass is 35.5. The fourth-order valence-corrected chi connectivity index (χ4v) is 4.24. The lowest BCUT2D eigenvalue weighted by Gasteiger charge is -2.11. The Morgan fingerprint density at radius 2 is 1.60 bits per heavy atom. The number of hydrogen-bond acceptors (Lipinski definition) is 3. The van der Waals surface area contributed by atoms with E-state index in [2.05, 4.69) is 16.0 Å². The molecule has 1 heterocycles. The molecule has 0 bridgehead atoms. The summed E-state index contributed by atoms with van der Waals surface area (Å²) in [6.45, 7) is 2.15. The lowest BCUT2D eigenvalue weighted by Crippen LogP contribution is -2.26. The molecule has 0 fully saturated rings. The molecule has 1 amide bonds. The van der Waals surface area contributed by atoms with Crippen molar-refractivity contribution in [1.82, 2.24) is 14.9 Å². The molecule has 5 nitrogen and oxygen atoms in total. The third-order valence-corrected chi connectivity index (χ3v) is 6.27. The van der Waals surface area contributed by atoms with E-state index in [-0.39, 0.29) is 5.91 Å². The van der Waals surface area contributed by atoms with Crippen molar-refractivity contribution in [3.8, 4) is 5.75 Å². The number of aromatic nitrogens is 2. The highest BCUT2D eigenvalue weighted by Crippen LogP contribution is 2.19. The van der Waals surface area contributed by atoms with Crippen molar-refractivity contribution in [3.63, 3.8) is 0 Å². The second-order valence-corrected chi connectivity index (χ2v) is 9.31. The molecule has 0 aliphatic heterocycles. The van der Waals surface area contributed by atoms with Crippen LogP contribution in [0.15, 0.2) is 72.8 Å². The minimum atomic E-state index is 0.0153. The third kappa shape index (κ3) is 7.48. The van der Waals surface area contributed by atoms with Gasteiger partial charge in [-0.2, -0.15) is 0 Å². The monoisotopic (exact) mass is 509 g/mol. The number of aryl methyl sites for hydroxylation is 2. The van der Waals surface area contributed by atoms with Gasteiger partial charge in [0.05, 0.1) is 24.1 Å². The second-order valence-electron chi connectivity index (χ2n) is 8.43. The van der Waals surface area contributed by atoms with Crippen molar-refractivity contribution < 1.29 is 9.53 Å². The summed E-state index contributed by atoms with van der Waals surface area (Å²) in [4.78, 5) is 17.1. The molecule has 0 saturated carbocycles. The van der Waals surface area contributed by atoms with Crippen LogP contribution in [0.1, 0.15) is 30.7 Å². The van der Waals surface area contributed by atoms with E-state index in [0.29, 0.717) is 29.6 Å². The van der Waals surface area contributed by atoms with Gasteiger partial charge in [0.15, 0.2) is 0 Å². The van der Waals surface area contributed by atoms with Gasteiger partial charge in [0.1, 0.15) is 11.6 Å². The van der Waals surface area contributed by atoms with Gasteiger partial charge < -0.3 is 14.6 Å². The Morgan fingerprint density at radius 1 is 0.886 bits per heavy atom. The number of halogens is 2. The van der Waals surface area contributed by atoms with Crippen LogP contribution >= 0.6 is 23.2 Å². The zero-order chi connectivity index (χ0) is 24.5. The summed E-state index contributed by atoms with van der Waals surface area (Å²) in [5.41, 5.74) is 3.10. The van der Waals surface area contributed by atoms with Gasteiger partial charge in [-0.3, -0.25) is 4.79 Å². The normalized spacial score (nSPS) is 11.0. The van der Waals surface area contributed by atoms with Crippen LogP contribution in [0.3, 0.4) is 0 Å². The van der Waals surface area contributed by atoms with Gasteiger partial charge in [-0.1, -0.05) is 47.5 Å². The first-order valence-electron chi connectivity index (χ1n) is 11.9. The van der Waals surface area contributed by atoms with Crippen molar-refractivity contribution in [1.29, 1.82) is 0 Å². The number of imidazole rings is 1. The molecule has 0 spiro atoms. The minimum Gasteiger partial charge on any atom is -0.494 e. The number of carbonyl (C=O) groups is 1. The quantitative estimate of drug-likeness (QED) is 0.222. The number of rotatable bonds is 12. The molecule has 0 aliphatic carbocycles. The Kier molecular flexibility index (Phi) is 9.04. The molecular weight excluding hydrogens is 481 g/mol. The van der Waals surface area contributed by atoms with Crippen LogP contribution in [0.5, 0.6) is 5.75 Å². The molecule has 0 unspecified atom stereocenters. The summed E-state index contributed by atoms with van der Waals surface area (Å²) in [5.74, 6) is 1.90. The van der Waals surface area contributed by atoms with Crippen molar-refractivity contribution in [2.24, 2.45) is 0 Å². The first kappa shape index (κ1) is 25.1. The van der Waals surface area contributed by atoms with Gasteiger partial charge >= 0.3 is 0 Å². The molecule has 4 rings (SSSR count). The topological polar surface area (TPSA) is 56.2 Å². The third-order valence-electron chi connectivity index (χ3n) is 5.77. The van der Waals surface area contributed by atoms with Crippen LogP contribution in [0, 0.1) is 0 Å². The Bertz CT molecular complexity index is 1240. The predicted molar refractivity (Wildman–Crippen MR) is 142 cm³/mol. The molecule has 0 atom stereocenters. The van der Waals surface area contributed by atoms with Gasteiger partial charge in [0, 0.05) is 29.6 Å². The van der Waals surface area contributed by atoms with Gasteiger partial charge in [-0.15, -0.1) is 0 Å². The smallest absolute Gasteiger partial charge is 0.224 e. The first-order chi connectivity index (χ1) is 17.1. The minimum absolute atomic E-state index is 0.0153. The molecule has 4 aromatic rings. The molecule has 3 aromatic carbocycles. The van der Waals surface area contributed by atoms with Crippen molar-refractivity contribution >= 4 is 40.1 Å². The average molecular weight is 510 g/mol. The highest BCUT2D eigenvalue weighted by Gasteiger charge is 2.11. The number of carbonyl (C=O) groups excluding carboxylic acids is 1. The largest absolute Gasteiger partial charge is 0.494 e. The van der Waals surface area contributed by atoms with E-state index in [4.69, 9.17) is 32.9 Å². The van der Waals surface area contributed by atoms with E-state index in [1.165, 1.54) is 0 Å². The van der Waals surface area contributed by atoms with Gasteiger partial charge in [0.2, 0.25) is 5.91 Å². The molecule has 182 valence electrons. The summed E-state index contributed by atoms with van der Waals surface area (Å²) in [7, 11) is 0. The van der Waals surface area contributed by atoms with E-state index < -0.39 is 0 Å². The zero-order valence-electron chi connectivity index (χ0n) is 19.6. The van der Waals surface area contributed by atoms with Crippen LogP contribution in [-0.4, -0.2) is 28.6 Å². The van der Waals surface area contributed by atoms with Crippen molar-refractivity contribution in [2.75, 3.05) is 13.2 Å². The predicted octanol–water partition coefficient (Wildman–Crippen LogP) is 6.49. The molecular formula is C28H29Cl2N3O2. The molecule has 0 radical (unpaired) electrons. The van der Waals surface area contributed by atoms with Gasteiger partial charge in [-0.05, 0) is 73.4 Å². The number of fused-ring (bicyclic) bond motifs is 1. The number of unbranched alkanes of at least 4 members (excludes halogenated alkanes) is 1. The molecule has 35 heavy (non-hydrogen) atoms. The van der Waals surface area contributed by atoms with E-state index >= 15 is 0 Å². The second kappa shape index (κ2) is 12.6. The summed E-state index contributed by atoms with van der Waals surface area (Å²) >= 11 is 11.8. The van der Waals surface area contributed by atoms with E-state index in [9.17, 15) is 4.79 Å². The Morgan fingerprint density at radius 3 is 2.37 bits per heavy atom. The number of benzene rings is 3. The van der Waals surface area contributed by atoms with E-state index in [0.717, 1.165) is 60.4 Å². The molecule has 1 aromatic heterocycles. The van der Waals surface area contributed by atoms with Crippen LogP contribution in [0.2, 0.25) is 10.0 Å². The number of amides is 1. The van der Waals surface area contributed by atoms with Crippen molar-refractivity contribution in [3.05, 3.63) is 94.2 Å². The fraction of sp³-hybridized carbons (Fsp3) is 0.286. The number of nitrogens with one attached hydrogen (secondary N) is 1. The first-order valence-corrected chi connectivity index (χ1v) is 12.7. The summed E-state index contributed by atoms with van der Waals surface area (Å²) in [5, 5.41) is 4.39. The van der Waals surface area contributed by atoms with Crippen LogP contribution < -0.4 is 10.1 Å². The maximum Gasteiger partial charge on any atom is 0.224 e. The van der Waals surface area contributed by atoms with Gasteiger partial charge in [0.25, 0.3) is 0 Å².